The van der Waals surface area contributed by atoms with E-state index < -0.39 is 62.4 Å². The average Bonchev–Trinajstić information content (AvgIpc) is 3.08. The van der Waals surface area contributed by atoms with Crippen LogP contribution < -0.4 is 0 Å². The zero-order chi connectivity index (χ0) is 32.6. The number of benzene rings is 4. The lowest BCUT2D eigenvalue weighted by Gasteiger charge is -2.59. The Kier molecular flexibility index (Phi) is 8.55. The van der Waals surface area contributed by atoms with E-state index in [2.05, 4.69) is 15.9 Å². The summed E-state index contributed by atoms with van der Waals surface area (Å²) in [6.07, 6.45) is -4.90. The molecular weight excluding hydrogens is 648 g/mol. The minimum absolute atomic E-state index is 0.0298. The van der Waals surface area contributed by atoms with Gasteiger partial charge in [0.2, 0.25) is 34.2 Å². The van der Waals surface area contributed by atoms with E-state index in [4.69, 9.17) is 4.74 Å². The van der Waals surface area contributed by atoms with Gasteiger partial charge >= 0.3 is 0 Å². The highest BCUT2D eigenvalue weighted by Crippen LogP contribution is 2.55. The zero-order valence-corrected chi connectivity index (χ0v) is 24.9. The van der Waals surface area contributed by atoms with E-state index in [0.29, 0.717) is 0 Å². The summed E-state index contributed by atoms with van der Waals surface area (Å²) in [6, 6.07) is 27.2. The SMILES string of the molecule is O=C(C(O)c1ccccc1)[C@H]1O[C@@](O)(Br)[C@](O)(C(=O)c2ccccc2)[C@](O)(C(=O)c2ccccc2)[C@@]1(O)C(=O)c1ccccc1. The van der Waals surface area contributed by atoms with Gasteiger partial charge in [-0.15, -0.1) is 0 Å². The van der Waals surface area contributed by atoms with E-state index in [0.717, 1.165) is 0 Å². The van der Waals surface area contributed by atoms with E-state index in [1.807, 2.05) is 0 Å². The molecule has 0 bridgehead atoms. The van der Waals surface area contributed by atoms with Crippen molar-refractivity contribution in [2.75, 3.05) is 0 Å². The van der Waals surface area contributed by atoms with Gasteiger partial charge in [0.25, 0.3) is 4.70 Å². The first kappa shape index (κ1) is 32.2. The number of alkyl halides is 1. The van der Waals surface area contributed by atoms with Crippen molar-refractivity contribution in [3.8, 4) is 0 Å². The number of hydrogen-bond acceptors (Lipinski definition) is 10. The third kappa shape index (κ3) is 4.89. The van der Waals surface area contributed by atoms with Crippen molar-refractivity contribution in [1.82, 2.24) is 0 Å². The minimum atomic E-state index is -4.06. The summed E-state index contributed by atoms with van der Waals surface area (Å²) in [5, 5.41) is 60.4. The molecule has 1 heterocycles. The minimum Gasteiger partial charge on any atom is -0.380 e. The second-order valence-electron chi connectivity index (χ2n) is 10.5. The van der Waals surface area contributed by atoms with Crippen LogP contribution in [-0.2, 0) is 9.53 Å². The molecule has 0 radical (unpaired) electrons. The molecule has 0 aliphatic carbocycles. The highest BCUT2D eigenvalue weighted by atomic mass is 79.9. The molecule has 0 spiro atoms. The first-order valence-corrected chi connectivity index (χ1v) is 14.4. The predicted octanol–water partition coefficient (Wildman–Crippen LogP) is 2.57. The summed E-state index contributed by atoms with van der Waals surface area (Å²) in [7, 11) is 0. The van der Waals surface area contributed by atoms with E-state index in [9.17, 15) is 44.7 Å². The van der Waals surface area contributed by atoms with Crippen molar-refractivity contribution in [2.24, 2.45) is 0 Å². The molecule has 4 aromatic carbocycles. The van der Waals surface area contributed by atoms with E-state index in [-0.39, 0.29) is 16.7 Å². The van der Waals surface area contributed by atoms with Gasteiger partial charge in [-0.05, 0) is 21.5 Å². The van der Waals surface area contributed by atoms with Crippen LogP contribution in [0.4, 0.5) is 0 Å². The first-order chi connectivity index (χ1) is 21.3. The van der Waals surface area contributed by atoms with Crippen LogP contribution in [-0.4, -0.2) is 76.3 Å². The maximum atomic E-state index is 14.5. The number of rotatable bonds is 9. The van der Waals surface area contributed by atoms with Crippen molar-refractivity contribution in [3.63, 3.8) is 0 Å². The van der Waals surface area contributed by atoms with Crippen molar-refractivity contribution in [2.45, 2.75) is 33.7 Å². The number of aliphatic hydroxyl groups excluding tert-OH is 1. The highest BCUT2D eigenvalue weighted by molar-refractivity contribution is 9.10. The third-order valence-corrected chi connectivity index (χ3v) is 8.69. The van der Waals surface area contributed by atoms with Gasteiger partial charge in [0.15, 0.2) is 11.9 Å². The van der Waals surface area contributed by atoms with Crippen LogP contribution in [0, 0.1) is 0 Å². The number of carbonyl (C=O) groups is 4. The molecule has 230 valence electrons. The van der Waals surface area contributed by atoms with Gasteiger partial charge in [0, 0.05) is 16.7 Å². The van der Waals surface area contributed by atoms with Crippen LogP contribution in [0.1, 0.15) is 42.7 Å². The van der Waals surface area contributed by atoms with Crippen molar-refractivity contribution in [1.29, 1.82) is 0 Å². The Morgan fingerprint density at radius 2 is 0.933 bits per heavy atom. The standard InChI is InChI=1S/C34H27BrO10/c35-34(44)33(43,29(40)24-19-11-4-12-20-24)32(42,28(39)23-17-9-3-10-18-23)31(41,27(38)22-15-7-2-8-16-22)30(45-34)26(37)25(36)21-13-5-1-6-14-21/h1-20,25,30,36,41-44H/t25?,30-,31-,32+,33+,34-/m1/s1. The molecule has 1 fully saturated rings. The molecule has 1 aliphatic heterocycles. The molecule has 10 nitrogen and oxygen atoms in total. The highest BCUT2D eigenvalue weighted by Gasteiger charge is 2.85. The topological polar surface area (TPSA) is 179 Å². The number of hydrogen-bond donors (Lipinski definition) is 5. The molecule has 5 rings (SSSR count). The normalized spacial score (nSPS) is 28.5. The van der Waals surface area contributed by atoms with E-state index >= 15 is 0 Å². The lowest BCUT2D eigenvalue weighted by atomic mass is 9.57. The van der Waals surface area contributed by atoms with Crippen LogP contribution in [0.3, 0.4) is 0 Å². The number of carbonyl (C=O) groups excluding carboxylic acids is 4. The summed E-state index contributed by atoms with van der Waals surface area (Å²) in [4.78, 5) is 57.1. The fraction of sp³-hybridized carbons (Fsp3) is 0.176. The Hall–Kier alpha value is -4.20. The molecule has 1 unspecified atom stereocenters. The van der Waals surface area contributed by atoms with Gasteiger partial charge in [-0.2, -0.15) is 0 Å². The van der Waals surface area contributed by atoms with Crippen molar-refractivity contribution >= 4 is 39.1 Å². The first-order valence-electron chi connectivity index (χ1n) is 13.6. The molecule has 1 aliphatic rings. The molecule has 5 N–H and O–H groups in total. The van der Waals surface area contributed by atoms with Gasteiger partial charge in [-0.1, -0.05) is 121 Å². The third-order valence-electron chi connectivity index (χ3n) is 7.93. The number of aliphatic hydroxyl groups is 5. The van der Waals surface area contributed by atoms with Crippen LogP contribution in [0.25, 0.3) is 0 Å². The Bertz CT molecular complexity index is 1730. The number of Topliss-reactive ketones (excluding diaryl/α,β-unsaturated/α-hetero) is 4. The predicted molar refractivity (Wildman–Crippen MR) is 162 cm³/mol. The Morgan fingerprint density at radius 1 is 0.578 bits per heavy atom. The van der Waals surface area contributed by atoms with E-state index in [1.54, 1.807) is 6.07 Å². The quantitative estimate of drug-likeness (QED) is 0.131. The van der Waals surface area contributed by atoms with Gasteiger partial charge in [0.1, 0.15) is 6.10 Å². The second-order valence-corrected chi connectivity index (χ2v) is 11.6. The molecule has 0 saturated carbocycles. The smallest absolute Gasteiger partial charge is 0.266 e. The molecule has 0 amide bonds. The largest absolute Gasteiger partial charge is 0.380 e. The fourth-order valence-corrected chi connectivity index (χ4v) is 6.21. The number of ether oxygens (including phenoxy) is 1. The molecular formula is C34H27BrO10. The number of ketones is 4. The Morgan fingerprint density at radius 3 is 1.36 bits per heavy atom. The van der Waals surface area contributed by atoms with Crippen LogP contribution in [0.5, 0.6) is 0 Å². The Balaban J connectivity index is 1.86. The monoisotopic (exact) mass is 674 g/mol. The summed E-state index contributed by atoms with van der Waals surface area (Å²) >= 11 is 2.69. The second kappa shape index (κ2) is 12.0. The molecule has 6 atom stereocenters. The van der Waals surface area contributed by atoms with Gasteiger partial charge < -0.3 is 30.3 Å². The lowest BCUT2D eigenvalue weighted by Crippen LogP contribution is -2.89. The number of halogens is 1. The summed E-state index contributed by atoms with van der Waals surface area (Å²) in [5.41, 5.74) is -13.0. The molecule has 11 heteroatoms. The Labute approximate surface area is 265 Å². The molecule has 1 saturated heterocycles. The zero-order valence-electron chi connectivity index (χ0n) is 23.4. The van der Waals surface area contributed by atoms with Gasteiger partial charge in [0.05, 0.1) is 0 Å². The van der Waals surface area contributed by atoms with Crippen molar-refractivity contribution in [3.05, 3.63) is 144 Å². The average molecular weight is 675 g/mol. The van der Waals surface area contributed by atoms with Gasteiger partial charge in [-0.25, -0.2) is 0 Å². The van der Waals surface area contributed by atoms with Crippen molar-refractivity contribution < 1.29 is 49.4 Å². The van der Waals surface area contributed by atoms with Crippen LogP contribution >= 0.6 is 15.9 Å². The lowest BCUT2D eigenvalue weighted by molar-refractivity contribution is -0.351. The fourth-order valence-electron chi connectivity index (χ4n) is 5.55. The summed E-state index contributed by atoms with van der Waals surface area (Å²) in [5.74, 6) is -6.19. The molecule has 45 heavy (non-hydrogen) atoms. The van der Waals surface area contributed by atoms with Crippen LogP contribution in [0.15, 0.2) is 121 Å². The summed E-state index contributed by atoms with van der Waals surface area (Å²) < 4.78 is 1.96. The summed E-state index contributed by atoms with van der Waals surface area (Å²) in [6.45, 7) is 0. The van der Waals surface area contributed by atoms with Gasteiger partial charge in [-0.3, -0.25) is 19.2 Å². The maximum absolute atomic E-state index is 14.5. The maximum Gasteiger partial charge on any atom is 0.266 e. The molecule has 0 aromatic heterocycles. The van der Waals surface area contributed by atoms with E-state index in [1.165, 1.54) is 115 Å². The molecule has 4 aromatic rings. The van der Waals surface area contributed by atoms with Crippen LogP contribution in [0.2, 0.25) is 0 Å².